The Morgan fingerprint density at radius 1 is 0.944 bits per heavy atom. The first kappa shape index (κ1) is 25.1. The van der Waals surface area contributed by atoms with Crippen LogP contribution in [0.15, 0.2) is 39.5 Å². The number of phenols is 2. The van der Waals surface area contributed by atoms with Crippen molar-refractivity contribution in [3.05, 3.63) is 40.6 Å². The van der Waals surface area contributed by atoms with E-state index in [9.17, 15) is 40.2 Å². The zero-order chi connectivity index (χ0) is 26.3. The summed E-state index contributed by atoms with van der Waals surface area (Å²) in [4.78, 5) is 24.4. The molecule has 13 nitrogen and oxygen atoms in total. The van der Waals surface area contributed by atoms with Gasteiger partial charge >= 0.3 is 5.97 Å². The van der Waals surface area contributed by atoms with Gasteiger partial charge in [0.15, 0.2) is 23.4 Å². The Kier molecular flexibility index (Phi) is 6.65. The van der Waals surface area contributed by atoms with Gasteiger partial charge in [0, 0.05) is 17.7 Å². The minimum atomic E-state index is -1.92. The van der Waals surface area contributed by atoms with Crippen molar-refractivity contribution in [2.24, 2.45) is 0 Å². The van der Waals surface area contributed by atoms with E-state index in [1.165, 1.54) is 38.5 Å². The quantitative estimate of drug-likeness (QED) is 0.264. The van der Waals surface area contributed by atoms with Gasteiger partial charge in [-0.15, -0.1) is 0 Å². The fourth-order valence-electron chi connectivity index (χ4n) is 3.80. The zero-order valence-corrected chi connectivity index (χ0v) is 18.8. The lowest BCUT2D eigenvalue weighted by Gasteiger charge is -2.38. The third-order valence-corrected chi connectivity index (χ3v) is 5.62. The molecule has 3 aromatic rings. The summed E-state index contributed by atoms with van der Waals surface area (Å²) in [6.45, 7) is 0. The number of aliphatic carboxylic acids is 1. The van der Waals surface area contributed by atoms with Gasteiger partial charge in [0.25, 0.3) is 0 Å². The minimum absolute atomic E-state index is 0.0664. The van der Waals surface area contributed by atoms with Gasteiger partial charge < -0.3 is 54.0 Å². The van der Waals surface area contributed by atoms with E-state index < -0.39 is 47.9 Å². The van der Waals surface area contributed by atoms with E-state index in [0.29, 0.717) is 5.56 Å². The van der Waals surface area contributed by atoms with Gasteiger partial charge in [-0.3, -0.25) is 4.79 Å². The Morgan fingerprint density at radius 2 is 1.67 bits per heavy atom. The maximum atomic E-state index is 13.1. The molecule has 36 heavy (non-hydrogen) atoms. The van der Waals surface area contributed by atoms with Crippen LogP contribution in [0, 0.1) is 0 Å². The van der Waals surface area contributed by atoms with Crippen molar-refractivity contribution in [3.8, 4) is 40.1 Å². The predicted octanol–water partition coefficient (Wildman–Crippen LogP) is 0.159. The SMILES string of the molecule is COc1cc(-c2oc3cc(O[C@H]4O[C@@H](C(=O)O)[C@H](O)[C@@H](O)[C@@H]4O)cc(O)c3c(=O)c2OC)ccc1O. The molecule has 1 aromatic heterocycles. The summed E-state index contributed by atoms with van der Waals surface area (Å²) in [7, 11) is 2.56. The van der Waals surface area contributed by atoms with Gasteiger partial charge in [-0.05, 0) is 18.2 Å². The molecule has 0 aliphatic carbocycles. The Bertz CT molecular complexity index is 1360. The first-order chi connectivity index (χ1) is 17.1. The van der Waals surface area contributed by atoms with Crippen molar-refractivity contribution in [1.82, 2.24) is 0 Å². The van der Waals surface area contributed by atoms with Gasteiger partial charge in [-0.1, -0.05) is 0 Å². The second-order valence-electron chi connectivity index (χ2n) is 7.85. The number of aromatic hydroxyl groups is 2. The number of carbonyl (C=O) groups is 1. The molecule has 0 radical (unpaired) electrons. The number of aliphatic hydroxyl groups excluding tert-OH is 3. The van der Waals surface area contributed by atoms with Gasteiger partial charge in [0.2, 0.25) is 17.5 Å². The molecule has 13 heteroatoms. The lowest BCUT2D eigenvalue weighted by molar-refractivity contribution is -0.271. The maximum Gasteiger partial charge on any atom is 0.335 e. The van der Waals surface area contributed by atoms with Crippen LogP contribution in [0.25, 0.3) is 22.3 Å². The number of aliphatic hydroxyl groups is 3. The standard InChI is InChI=1S/C23H22O13/c1-32-12-5-8(3-4-10(12)24)19-20(33-2)15(26)14-11(25)6-9(7-13(14)35-19)34-23-18(29)16(27)17(28)21(36-23)22(30)31/h3-7,16-18,21,23-25,27-29H,1-2H3,(H,30,31)/t16-,17-,18+,21-,23+/m1/s1. The Morgan fingerprint density at radius 3 is 2.31 bits per heavy atom. The van der Waals surface area contributed by atoms with Crippen LogP contribution in [0.2, 0.25) is 0 Å². The van der Waals surface area contributed by atoms with E-state index in [-0.39, 0.29) is 39.7 Å². The van der Waals surface area contributed by atoms with E-state index in [0.717, 1.165) is 6.07 Å². The molecule has 5 atom stereocenters. The van der Waals surface area contributed by atoms with Gasteiger partial charge in [0.05, 0.1) is 14.2 Å². The van der Waals surface area contributed by atoms with Crippen LogP contribution in [-0.4, -0.2) is 81.5 Å². The zero-order valence-electron chi connectivity index (χ0n) is 18.8. The fraction of sp³-hybridized carbons (Fsp3) is 0.304. The Labute approximate surface area is 201 Å². The fourth-order valence-corrected chi connectivity index (χ4v) is 3.80. The number of carboxylic acids is 1. The van der Waals surface area contributed by atoms with Crippen LogP contribution >= 0.6 is 0 Å². The molecule has 1 aliphatic heterocycles. The molecule has 0 unspecified atom stereocenters. The van der Waals surface area contributed by atoms with Crippen molar-refractivity contribution < 1.29 is 58.8 Å². The van der Waals surface area contributed by atoms with E-state index in [1.807, 2.05) is 0 Å². The maximum absolute atomic E-state index is 13.1. The topological polar surface area (TPSA) is 206 Å². The Balaban J connectivity index is 1.80. The highest BCUT2D eigenvalue weighted by molar-refractivity contribution is 5.88. The molecular weight excluding hydrogens is 484 g/mol. The summed E-state index contributed by atoms with van der Waals surface area (Å²) < 4.78 is 26.6. The van der Waals surface area contributed by atoms with E-state index in [1.54, 1.807) is 0 Å². The van der Waals surface area contributed by atoms with Gasteiger partial charge in [-0.25, -0.2) is 4.79 Å². The molecule has 0 bridgehead atoms. The van der Waals surface area contributed by atoms with E-state index in [2.05, 4.69) is 0 Å². The molecule has 2 aromatic carbocycles. The second kappa shape index (κ2) is 9.54. The lowest BCUT2D eigenvalue weighted by Crippen LogP contribution is -2.61. The van der Waals surface area contributed by atoms with Crippen LogP contribution < -0.4 is 19.6 Å². The van der Waals surface area contributed by atoms with Crippen molar-refractivity contribution >= 4 is 16.9 Å². The first-order valence-electron chi connectivity index (χ1n) is 10.4. The van der Waals surface area contributed by atoms with Crippen LogP contribution in [0.1, 0.15) is 0 Å². The van der Waals surface area contributed by atoms with Crippen LogP contribution in [-0.2, 0) is 9.53 Å². The number of ether oxygens (including phenoxy) is 4. The van der Waals surface area contributed by atoms with Crippen molar-refractivity contribution in [2.75, 3.05) is 14.2 Å². The number of hydrogen-bond donors (Lipinski definition) is 6. The number of benzene rings is 2. The first-order valence-corrected chi connectivity index (χ1v) is 10.4. The molecule has 1 fully saturated rings. The number of methoxy groups -OCH3 is 2. The number of rotatable bonds is 6. The smallest absolute Gasteiger partial charge is 0.335 e. The highest BCUT2D eigenvalue weighted by Crippen LogP contribution is 2.39. The largest absolute Gasteiger partial charge is 0.507 e. The van der Waals surface area contributed by atoms with Gasteiger partial charge in [-0.2, -0.15) is 0 Å². The monoisotopic (exact) mass is 506 g/mol. The van der Waals surface area contributed by atoms with Gasteiger partial charge in [0.1, 0.15) is 40.8 Å². The number of hydrogen-bond acceptors (Lipinski definition) is 12. The normalized spacial score (nSPS) is 23.9. The molecular formula is C23H22O13. The molecule has 192 valence electrons. The van der Waals surface area contributed by atoms with Crippen LogP contribution in [0.3, 0.4) is 0 Å². The third-order valence-electron chi connectivity index (χ3n) is 5.62. The summed E-state index contributed by atoms with van der Waals surface area (Å²) in [5.74, 6) is -2.79. The highest BCUT2D eigenvalue weighted by Gasteiger charge is 2.48. The summed E-state index contributed by atoms with van der Waals surface area (Å²) in [5.41, 5.74) is -0.624. The van der Waals surface area contributed by atoms with Crippen molar-refractivity contribution in [1.29, 1.82) is 0 Å². The summed E-state index contributed by atoms with van der Waals surface area (Å²) in [6, 6.07) is 6.31. The molecule has 1 aliphatic rings. The predicted molar refractivity (Wildman–Crippen MR) is 119 cm³/mol. The average Bonchev–Trinajstić information content (AvgIpc) is 2.84. The summed E-state index contributed by atoms with van der Waals surface area (Å²) in [6.07, 6.45) is -9.33. The molecule has 0 amide bonds. The summed E-state index contributed by atoms with van der Waals surface area (Å²) in [5, 5.41) is 59.3. The third kappa shape index (κ3) is 4.24. The lowest BCUT2D eigenvalue weighted by atomic mass is 9.99. The molecule has 2 heterocycles. The minimum Gasteiger partial charge on any atom is -0.507 e. The van der Waals surface area contributed by atoms with Crippen molar-refractivity contribution in [2.45, 2.75) is 30.7 Å². The Hall–Kier alpha value is -4.04. The molecule has 0 saturated carbocycles. The number of fused-ring (bicyclic) bond motifs is 1. The van der Waals surface area contributed by atoms with E-state index >= 15 is 0 Å². The van der Waals surface area contributed by atoms with Crippen molar-refractivity contribution in [3.63, 3.8) is 0 Å². The number of phenolic OH excluding ortho intramolecular Hbond substituents is 2. The van der Waals surface area contributed by atoms with Crippen LogP contribution in [0.4, 0.5) is 0 Å². The molecule has 1 saturated heterocycles. The molecule has 6 N–H and O–H groups in total. The molecule has 4 rings (SSSR count). The average molecular weight is 506 g/mol. The highest BCUT2D eigenvalue weighted by atomic mass is 16.7. The molecule has 0 spiro atoms. The second-order valence-corrected chi connectivity index (χ2v) is 7.85. The number of carboxylic acid groups (broad SMARTS) is 1. The van der Waals surface area contributed by atoms with E-state index in [4.69, 9.17) is 23.4 Å². The summed E-state index contributed by atoms with van der Waals surface area (Å²) >= 11 is 0. The van der Waals surface area contributed by atoms with Crippen LogP contribution in [0.5, 0.6) is 28.7 Å².